The number of likely N-dealkylation sites (tertiary alicyclic amines) is 1. The largest absolute Gasteiger partial charge is 0.300 e. The van der Waals surface area contributed by atoms with E-state index in [0.29, 0.717) is 11.8 Å². The zero-order valence-corrected chi connectivity index (χ0v) is 12.2. The number of carbonyl (C=O) groups is 1. The molecule has 1 aliphatic rings. The summed E-state index contributed by atoms with van der Waals surface area (Å²) < 4.78 is 0. The Morgan fingerprint density at radius 2 is 2.00 bits per heavy atom. The molecule has 2 nitrogen and oxygen atoms in total. The van der Waals surface area contributed by atoms with Gasteiger partial charge in [0.2, 0.25) is 0 Å². The summed E-state index contributed by atoms with van der Waals surface area (Å²) in [6.45, 7) is 6.03. The number of benzene rings is 1. The van der Waals surface area contributed by atoms with Gasteiger partial charge in [0.1, 0.15) is 5.78 Å². The molecule has 0 radical (unpaired) electrons. The summed E-state index contributed by atoms with van der Waals surface area (Å²) in [5.41, 5.74) is 2.70. The first kappa shape index (κ1) is 14.3. The molecule has 0 N–H and O–H groups in total. The number of hydrogen-bond acceptors (Lipinski definition) is 2. The fourth-order valence-corrected chi connectivity index (χ4v) is 2.89. The van der Waals surface area contributed by atoms with Crippen LogP contribution in [0.5, 0.6) is 0 Å². The van der Waals surface area contributed by atoms with Crippen molar-refractivity contribution in [3.8, 4) is 0 Å². The van der Waals surface area contributed by atoms with Crippen LogP contribution in [0.3, 0.4) is 0 Å². The van der Waals surface area contributed by atoms with Crippen LogP contribution in [0.15, 0.2) is 24.3 Å². The summed E-state index contributed by atoms with van der Waals surface area (Å²) in [4.78, 5) is 13.7. The number of rotatable bonds is 5. The minimum Gasteiger partial charge on any atom is -0.300 e. The van der Waals surface area contributed by atoms with Gasteiger partial charge in [-0.05, 0) is 45.2 Å². The predicted octanol–water partition coefficient (Wildman–Crippen LogP) is 3.72. The van der Waals surface area contributed by atoms with Gasteiger partial charge < -0.3 is 4.79 Å². The SMILES string of the molecule is CC(=O)CCC1CCCCN1Cc1ccc(C)cc1. The molecule has 0 bridgehead atoms. The molecular formula is C17H25NO. The maximum absolute atomic E-state index is 11.2. The maximum atomic E-state index is 11.2. The summed E-state index contributed by atoms with van der Waals surface area (Å²) in [6.07, 6.45) is 5.62. The molecule has 2 rings (SSSR count). The number of aryl methyl sites for hydroxylation is 1. The van der Waals surface area contributed by atoms with Crippen molar-refractivity contribution in [2.24, 2.45) is 0 Å². The molecule has 0 aliphatic carbocycles. The van der Waals surface area contributed by atoms with Gasteiger partial charge in [-0.3, -0.25) is 4.90 Å². The van der Waals surface area contributed by atoms with Crippen molar-refractivity contribution in [1.82, 2.24) is 4.90 Å². The van der Waals surface area contributed by atoms with E-state index in [1.54, 1.807) is 6.92 Å². The Labute approximate surface area is 116 Å². The van der Waals surface area contributed by atoms with E-state index in [4.69, 9.17) is 0 Å². The van der Waals surface area contributed by atoms with Gasteiger partial charge in [0.15, 0.2) is 0 Å². The van der Waals surface area contributed by atoms with Crippen LogP contribution >= 0.6 is 0 Å². The van der Waals surface area contributed by atoms with Crippen molar-refractivity contribution in [2.75, 3.05) is 6.54 Å². The van der Waals surface area contributed by atoms with Crippen LogP contribution < -0.4 is 0 Å². The van der Waals surface area contributed by atoms with Crippen LogP contribution in [0.4, 0.5) is 0 Å². The highest BCUT2D eigenvalue weighted by Crippen LogP contribution is 2.23. The number of piperidine rings is 1. The predicted molar refractivity (Wildman–Crippen MR) is 79.1 cm³/mol. The first-order valence-corrected chi connectivity index (χ1v) is 7.44. The number of Topliss-reactive ketones (excluding diaryl/α,β-unsaturated/α-hetero) is 1. The smallest absolute Gasteiger partial charge is 0.129 e. The average molecular weight is 259 g/mol. The Morgan fingerprint density at radius 3 is 2.68 bits per heavy atom. The lowest BCUT2D eigenvalue weighted by Gasteiger charge is -2.35. The van der Waals surface area contributed by atoms with Crippen LogP contribution in [-0.2, 0) is 11.3 Å². The molecule has 1 aromatic carbocycles. The van der Waals surface area contributed by atoms with Gasteiger partial charge in [-0.15, -0.1) is 0 Å². The van der Waals surface area contributed by atoms with Crippen molar-refractivity contribution in [2.45, 2.75) is 58.5 Å². The van der Waals surface area contributed by atoms with E-state index in [2.05, 4.69) is 36.1 Å². The fourth-order valence-electron chi connectivity index (χ4n) is 2.89. The topological polar surface area (TPSA) is 20.3 Å². The summed E-state index contributed by atoms with van der Waals surface area (Å²) in [7, 11) is 0. The van der Waals surface area contributed by atoms with Gasteiger partial charge in [0, 0.05) is 19.0 Å². The number of hydrogen-bond donors (Lipinski definition) is 0. The average Bonchev–Trinajstić information content (AvgIpc) is 2.40. The Bertz CT molecular complexity index is 410. The summed E-state index contributed by atoms with van der Waals surface area (Å²) in [5.74, 6) is 0.320. The lowest BCUT2D eigenvalue weighted by molar-refractivity contribution is -0.117. The summed E-state index contributed by atoms with van der Waals surface area (Å²) in [5, 5.41) is 0. The van der Waals surface area contributed by atoms with E-state index >= 15 is 0 Å². The lowest BCUT2D eigenvalue weighted by atomic mass is 9.96. The highest BCUT2D eigenvalue weighted by atomic mass is 16.1. The number of carbonyl (C=O) groups excluding carboxylic acids is 1. The van der Waals surface area contributed by atoms with Gasteiger partial charge in [-0.2, -0.15) is 0 Å². The molecule has 1 saturated heterocycles. The molecular weight excluding hydrogens is 234 g/mol. The lowest BCUT2D eigenvalue weighted by Crippen LogP contribution is -2.39. The maximum Gasteiger partial charge on any atom is 0.129 e. The first-order chi connectivity index (χ1) is 9.15. The Balaban J connectivity index is 1.95. The van der Waals surface area contributed by atoms with Crippen molar-refractivity contribution in [1.29, 1.82) is 0 Å². The van der Waals surface area contributed by atoms with Gasteiger partial charge >= 0.3 is 0 Å². The van der Waals surface area contributed by atoms with E-state index in [1.165, 1.54) is 36.9 Å². The normalized spacial score (nSPS) is 20.4. The van der Waals surface area contributed by atoms with Crippen LogP contribution in [0.2, 0.25) is 0 Å². The molecule has 1 unspecified atom stereocenters. The van der Waals surface area contributed by atoms with Gasteiger partial charge in [-0.1, -0.05) is 36.2 Å². The van der Waals surface area contributed by atoms with Crippen molar-refractivity contribution < 1.29 is 4.79 Å². The zero-order valence-electron chi connectivity index (χ0n) is 12.2. The Morgan fingerprint density at radius 1 is 1.26 bits per heavy atom. The molecule has 104 valence electrons. The molecule has 1 fully saturated rings. The van der Waals surface area contributed by atoms with Crippen LogP contribution in [0, 0.1) is 6.92 Å². The van der Waals surface area contributed by atoms with E-state index < -0.39 is 0 Å². The third kappa shape index (κ3) is 4.46. The molecule has 1 heterocycles. The quantitative estimate of drug-likeness (QED) is 0.803. The molecule has 2 heteroatoms. The molecule has 1 aromatic rings. The Hall–Kier alpha value is -1.15. The first-order valence-electron chi connectivity index (χ1n) is 7.44. The molecule has 0 saturated carbocycles. The second-order valence-electron chi connectivity index (χ2n) is 5.85. The van der Waals surface area contributed by atoms with Gasteiger partial charge in [0.25, 0.3) is 0 Å². The van der Waals surface area contributed by atoms with Crippen LogP contribution in [-0.4, -0.2) is 23.3 Å². The van der Waals surface area contributed by atoms with Crippen molar-refractivity contribution in [3.63, 3.8) is 0 Å². The summed E-state index contributed by atoms with van der Waals surface area (Å²) >= 11 is 0. The van der Waals surface area contributed by atoms with Gasteiger partial charge in [0.05, 0.1) is 0 Å². The molecule has 0 amide bonds. The highest BCUT2D eigenvalue weighted by Gasteiger charge is 2.22. The second kappa shape index (κ2) is 6.85. The minimum atomic E-state index is 0.320. The monoisotopic (exact) mass is 259 g/mol. The third-order valence-electron chi connectivity index (χ3n) is 4.08. The van der Waals surface area contributed by atoms with E-state index in [1.807, 2.05) is 0 Å². The zero-order chi connectivity index (χ0) is 13.7. The molecule has 1 aliphatic heterocycles. The molecule has 0 aromatic heterocycles. The number of ketones is 1. The third-order valence-corrected chi connectivity index (χ3v) is 4.08. The van der Waals surface area contributed by atoms with Crippen LogP contribution in [0.1, 0.15) is 50.2 Å². The minimum absolute atomic E-state index is 0.320. The highest BCUT2D eigenvalue weighted by molar-refractivity contribution is 5.75. The van der Waals surface area contributed by atoms with Gasteiger partial charge in [-0.25, -0.2) is 0 Å². The second-order valence-corrected chi connectivity index (χ2v) is 5.85. The van der Waals surface area contributed by atoms with E-state index in [9.17, 15) is 4.79 Å². The fraction of sp³-hybridized carbons (Fsp3) is 0.588. The van der Waals surface area contributed by atoms with E-state index in [-0.39, 0.29) is 0 Å². The molecule has 0 spiro atoms. The van der Waals surface area contributed by atoms with E-state index in [0.717, 1.165) is 19.4 Å². The summed E-state index contributed by atoms with van der Waals surface area (Å²) in [6, 6.07) is 9.42. The standard InChI is InChI=1S/C17H25NO/c1-14-6-9-16(10-7-14)13-18-12-4-3-5-17(18)11-8-15(2)19/h6-7,9-10,17H,3-5,8,11-13H2,1-2H3. The van der Waals surface area contributed by atoms with Crippen LogP contribution in [0.25, 0.3) is 0 Å². The van der Waals surface area contributed by atoms with Crippen molar-refractivity contribution >= 4 is 5.78 Å². The molecule has 19 heavy (non-hydrogen) atoms. The molecule has 1 atom stereocenters. The Kier molecular flexibility index (Phi) is 5.15. The number of nitrogens with zero attached hydrogens (tertiary/aromatic N) is 1. The van der Waals surface area contributed by atoms with Crippen molar-refractivity contribution in [3.05, 3.63) is 35.4 Å².